The lowest BCUT2D eigenvalue weighted by Gasteiger charge is -2.35. The van der Waals surface area contributed by atoms with Gasteiger partial charge in [-0.3, -0.25) is 4.79 Å². The van der Waals surface area contributed by atoms with Crippen molar-refractivity contribution in [3.05, 3.63) is 78.6 Å². The molecule has 33 heavy (non-hydrogen) atoms. The Bertz CT molecular complexity index is 1180. The van der Waals surface area contributed by atoms with Crippen LogP contribution in [-0.4, -0.2) is 35.6 Å². The van der Waals surface area contributed by atoms with Crippen LogP contribution in [0, 0.1) is 0 Å². The summed E-state index contributed by atoms with van der Waals surface area (Å²) in [6.45, 7) is 2.26. The molecule has 0 fully saturated rings. The number of benzene rings is 1. The summed E-state index contributed by atoms with van der Waals surface area (Å²) in [6, 6.07) is 6.92. The van der Waals surface area contributed by atoms with Crippen LogP contribution in [0.3, 0.4) is 0 Å². The highest BCUT2D eigenvalue weighted by atomic mass is 35.5. The molecule has 10 heteroatoms. The predicted molar refractivity (Wildman–Crippen MR) is 135 cm³/mol. The number of allylic oxidation sites excluding steroid dienone is 1. The van der Waals surface area contributed by atoms with E-state index < -0.39 is 12.0 Å². The summed E-state index contributed by atoms with van der Waals surface area (Å²) < 4.78 is 5.05. The average molecular weight is 522 g/mol. The van der Waals surface area contributed by atoms with Crippen LogP contribution in [0.1, 0.15) is 30.5 Å². The molecule has 1 N–H and O–H groups in total. The van der Waals surface area contributed by atoms with Crippen molar-refractivity contribution in [3.8, 4) is 0 Å². The number of rotatable bonds is 7. The van der Waals surface area contributed by atoms with Crippen LogP contribution in [0.15, 0.2) is 62.4 Å². The number of nitrogens with one attached hydrogen (secondary N) is 1. The van der Waals surface area contributed by atoms with Crippen LogP contribution in [0.5, 0.6) is 0 Å². The molecule has 1 amide bonds. The monoisotopic (exact) mass is 521 g/mol. The van der Waals surface area contributed by atoms with E-state index in [0.717, 1.165) is 22.0 Å². The summed E-state index contributed by atoms with van der Waals surface area (Å²) in [5.41, 5.74) is 3.76. The molecular formula is C23H21Cl2N3O3S2. The number of halogens is 2. The van der Waals surface area contributed by atoms with E-state index in [2.05, 4.69) is 10.3 Å². The third kappa shape index (κ3) is 5.14. The van der Waals surface area contributed by atoms with Crippen LogP contribution in [0.2, 0.25) is 10.0 Å². The maximum atomic E-state index is 12.7. The largest absolute Gasteiger partial charge is 0.466 e. The molecular weight excluding hydrogens is 501 g/mol. The quantitative estimate of drug-likeness (QED) is 0.483. The number of nitrogens with zero attached hydrogens (tertiary/aromatic N) is 2. The number of fused-ring (bicyclic) bond motifs is 1. The Hall–Kier alpha value is -2.26. The molecule has 0 aliphatic carbocycles. The molecule has 0 saturated carbocycles. The van der Waals surface area contributed by atoms with Gasteiger partial charge in [-0.2, -0.15) is 11.3 Å². The van der Waals surface area contributed by atoms with Crippen LogP contribution >= 0.6 is 46.3 Å². The normalized spacial score (nSPS) is 17.5. The first-order valence-electron chi connectivity index (χ1n) is 10.1. The standard InChI is InChI=1S/C23H21Cl2N3O3S2/c1-13-20(22(30)31-2)21(15-6-8-32-11-15)28-17(12-33-23(28)27-13)10-19(29)26-7-5-14-3-4-16(24)9-18(14)25/h3-4,6,8-9,11-12,21H,5,7,10H2,1-2H3,(H,26,29)/t21-/m0/s1. The first-order valence-corrected chi connectivity index (χ1v) is 12.7. The van der Waals surface area contributed by atoms with Crippen molar-refractivity contribution in [1.29, 1.82) is 0 Å². The molecule has 1 aromatic carbocycles. The SMILES string of the molecule is COC(=O)C1=C(C)N=C2SC=C(CC(=O)NCCc3ccc(Cl)cc3Cl)N2[C@H]1c1ccsc1. The summed E-state index contributed by atoms with van der Waals surface area (Å²) >= 11 is 15.2. The summed E-state index contributed by atoms with van der Waals surface area (Å²) in [5, 5.41) is 10.7. The Kier molecular flexibility index (Phi) is 7.48. The molecule has 6 nitrogen and oxygen atoms in total. The Labute approximate surface area is 210 Å². The van der Waals surface area contributed by atoms with Crippen LogP contribution in [0.25, 0.3) is 0 Å². The topological polar surface area (TPSA) is 71.0 Å². The first-order chi connectivity index (χ1) is 15.9. The highest BCUT2D eigenvalue weighted by molar-refractivity contribution is 8.16. The number of amidine groups is 1. The van der Waals surface area contributed by atoms with Gasteiger partial charge >= 0.3 is 5.97 Å². The van der Waals surface area contributed by atoms with E-state index >= 15 is 0 Å². The summed E-state index contributed by atoms with van der Waals surface area (Å²) in [4.78, 5) is 31.9. The number of methoxy groups -OCH3 is 1. The van der Waals surface area contributed by atoms with Gasteiger partial charge < -0.3 is 15.0 Å². The fraction of sp³-hybridized carbons (Fsp3) is 0.261. The fourth-order valence-electron chi connectivity index (χ4n) is 3.77. The van der Waals surface area contributed by atoms with Crippen LogP contribution in [0.4, 0.5) is 0 Å². The number of carbonyl (C=O) groups is 2. The van der Waals surface area contributed by atoms with Gasteiger partial charge in [-0.15, -0.1) is 0 Å². The third-order valence-electron chi connectivity index (χ3n) is 5.34. The summed E-state index contributed by atoms with van der Waals surface area (Å²) in [7, 11) is 1.36. The second-order valence-electron chi connectivity index (χ2n) is 7.45. The highest BCUT2D eigenvalue weighted by Crippen LogP contribution is 2.45. The minimum atomic E-state index is -0.424. The van der Waals surface area contributed by atoms with E-state index in [1.54, 1.807) is 23.5 Å². The molecule has 4 rings (SSSR count). The molecule has 0 saturated heterocycles. The minimum Gasteiger partial charge on any atom is -0.466 e. The minimum absolute atomic E-state index is 0.122. The van der Waals surface area contributed by atoms with Crippen LogP contribution in [-0.2, 0) is 20.7 Å². The van der Waals surface area contributed by atoms with E-state index in [1.165, 1.54) is 18.9 Å². The van der Waals surface area contributed by atoms with Gasteiger partial charge in [0, 0.05) is 22.3 Å². The predicted octanol–water partition coefficient (Wildman–Crippen LogP) is 5.55. The number of amides is 1. The molecule has 2 aliphatic rings. The van der Waals surface area contributed by atoms with Crippen LogP contribution < -0.4 is 5.32 Å². The number of esters is 1. The zero-order valence-electron chi connectivity index (χ0n) is 17.9. The summed E-state index contributed by atoms with van der Waals surface area (Å²) in [6.07, 6.45) is 0.756. The molecule has 0 bridgehead atoms. The number of thiophene rings is 1. The zero-order chi connectivity index (χ0) is 23.5. The van der Waals surface area contributed by atoms with E-state index in [-0.39, 0.29) is 12.3 Å². The Balaban J connectivity index is 1.47. The second kappa shape index (κ2) is 10.3. The van der Waals surface area contributed by atoms with Gasteiger partial charge in [0.05, 0.1) is 30.8 Å². The second-order valence-corrected chi connectivity index (χ2v) is 9.91. The number of aliphatic imine (C=N–C) groups is 1. The van der Waals surface area contributed by atoms with E-state index in [1.807, 2.05) is 40.1 Å². The molecule has 172 valence electrons. The molecule has 0 radical (unpaired) electrons. The third-order valence-corrected chi connectivity index (χ3v) is 7.52. The van der Waals surface area contributed by atoms with Gasteiger partial charge in [0.25, 0.3) is 0 Å². The number of ether oxygens (including phenoxy) is 1. The molecule has 2 aromatic rings. The molecule has 0 unspecified atom stereocenters. The summed E-state index contributed by atoms with van der Waals surface area (Å²) in [5.74, 6) is -0.546. The number of hydrogen-bond acceptors (Lipinski definition) is 7. The highest BCUT2D eigenvalue weighted by Gasteiger charge is 2.41. The molecule has 1 atom stereocenters. The van der Waals surface area contributed by atoms with Gasteiger partial charge in [-0.25, -0.2) is 9.79 Å². The number of carbonyl (C=O) groups excluding carboxylic acids is 2. The number of thioether (sulfide) groups is 1. The molecule has 0 spiro atoms. The molecule has 1 aromatic heterocycles. The smallest absolute Gasteiger partial charge is 0.338 e. The Morgan fingerprint density at radius 1 is 1.27 bits per heavy atom. The van der Waals surface area contributed by atoms with Gasteiger partial charge in [0.1, 0.15) is 0 Å². The van der Waals surface area contributed by atoms with Crippen molar-refractivity contribution >= 4 is 63.3 Å². The number of hydrogen-bond donors (Lipinski definition) is 1. The first kappa shape index (κ1) is 23.9. The zero-order valence-corrected chi connectivity index (χ0v) is 21.1. The lowest BCUT2D eigenvalue weighted by molar-refractivity contribution is -0.136. The maximum absolute atomic E-state index is 12.7. The van der Waals surface area contributed by atoms with Crippen molar-refractivity contribution in [2.45, 2.75) is 25.8 Å². The van der Waals surface area contributed by atoms with E-state index in [9.17, 15) is 9.59 Å². The van der Waals surface area contributed by atoms with Crippen molar-refractivity contribution in [2.24, 2.45) is 4.99 Å². The fourth-order valence-corrected chi connectivity index (χ4v) is 5.92. The van der Waals surface area contributed by atoms with Crippen molar-refractivity contribution in [3.63, 3.8) is 0 Å². The molecule has 2 aliphatic heterocycles. The molecule has 3 heterocycles. The van der Waals surface area contributed by atoms with Gasteiger partial charge in [-0.1, -0.05) is 41.0 Å². The Morgan fingerprint density at radius 3 is 2.79 bits per heavy atom. The lowest BCUT2D eigenvalue weighted by Crippen LogP contribution is -2.38. The van der Waals surface area contributed by atoms with Crippen molar-refractivity contribution in [1.82, 2.24) is 10.2 Å². The maximum Gasteiger partial charge on any atom is 0.338 e. The van der Waals surface area contributed by atoms with Gasteiger partial charge in [0.15, 0.2) is 5.17 Å². The lowest BCUT2D eigenvalue weighted by atomic mass is 9.96. The van der Waals surface area contributed by atoms with Crippen molar-refractivity contribution < 1.29 is 14.3 Å². The van der Waals surface area contributed by atoms with Gasteiger partial charge in [0.2, 0.25) is 5.91 Å². The van der Waals surface area contributed by atoms with E-state index in [0.29, 0.717) is 34.3 Å². The average Bonchev–Trinajstić information content (AvgIpc) is 3.44. The van der Waals surface area contributed by atoms with Crippen molar-refractivity contribution in [2.75, 3.05) is 13.7 Å². The van der Waals surface area contributed by atoms with E-state index in [4.69, 9.17) is 27.9 Å². The van der Waals surface area contributed by atoms with Gasteiger partial charge in [-0.05, 0) is 58.8 Å². The Morgan fingerprint density at radius 2 is 2.09 bits per heavy atom.